The van der Waals surface area contributed by atoms with Gasteiger partial charge in [-0.05, 0) is 51.5 Å². The summed E-state index contributed by atoms with van der Waals surface area (Å²) in [4.78, 5) is 26.0. The Balaban J connectivity index is 1.55. The van der Waals surface area contributed by atoms with Gasteiger partial charge in [0.05, 0.1) is 21.9 Å². The second-order valence-electron chi connectivity index (χ2n) is 7.84. The highest BCUT2D eigenvalue weighted by molar-refractivity contribution is 7.26. The van der Waals surface area contributed by atoms with E-state index < -0.39 is 6.04 Å². The molecule has 0 aliphatic rings. The van der Waals surface area contributed by atoms with Crippen molar-refractivity contribution in [3.8, 4) is 5.75 Å². The van der Waals surface area contributed by atoms with Crippen LogP contribution >= 0.6 is 11.3 Å². The van der Waals surface area contributed by atoms with Gasteiger partial charge in [-0.1, -0.05) is 30.3 Å². The number of amides is 1. The average Bonchev–Trinajstić information content (AvgIpc) is 3.15. The number of thiophene rings is 1. The lowest BCUT2D eigenvalue weighted by Gasteiger charge is -2.15. The lowest BCUT2D eigenvalue weighted by atomic mass is 10.2. The molecular formula is C24H25N3O3S. The molecule has 0 unspecified atom stereocenters. The van der Waals surface area contributed by atoms with Crippen molar-refractivity contribution < 1.29 is 9.53 Å². The van der Waals surface area contributed by atoms with E-state index in [1.54, 1.807) is 18.3 Å². The fourth-order valence-corrected chi connectivity index (χ4v) is 4.68. The Kier molecular flexibility index (Phi) is 5.78. The lowest BCUT2D eigenvalue weighted by Crippen LogP contribution is -2.37. The Morgan fingerprint density at radius 2 is 1.84 bits per heavy atom. The quantitative estimate of drug-likeness (QED) is 0.481. The Morgan fingerprint density at radius 1 is 1.13 bits per heavy atom. The lowest BCUT2D eigenvalue weighted by molar-refractivity contribution is -0.124. The van der Waals surface area contributed by atoms with Crippen LogP contribution in [0.3, 0.4) is 0 Å². The van der Waals surface area contributed by atoms with Crippen LogP contribution in [0.25, 0.3) is 20.2 Å². The Bertz CT molecular complexity index is 1310. The number of hydrogen-bond acceptors (Lipinski definition) is 5. The van der Waals surface area contributed by atoms with Gasteiger partial charge < -0.3 is 10.1 Å². The van der Waals surface area contributed by atoms with E-state index in [-0.39, 0.29) is 17.6 Å². The molecule has 6 nitrogen and oxygen atoms in total. The first-order valence-electron chi connectivity index (χ1n) is 10.3. The maximum absolute atomic E-state index is 13.2. The number of aryl methyl sites for hydroxylation is 1. The van der Waals surface area contributed by atoms with Crippen molar-refractivity contribution in [3.05, 3.63) is 70.1 Å². The number of benzene rings is 2. The topological polar surface area (TPSA) is 73.2 Å². The third-order valence-corrected chi connectivity index (χ3v) is 6.39. The summed E-state index contributed by atoms with van der Waals surface area (Å²) in [5, 5.41) is 8.89. The second-order valence-corrected chi connectivity index (χ2v) is 8.89. The van der Waals surface area contributed by atoms with E-state index in [0.29, 0.717) is 11.9 Å². The number of hydrogen-bond donors (Lipinski definition) is 1. The van der Waals surface area contributed by atoms with E-state index in [1.165, 1.54) is 4.68 Å². The molecule has 31 heavy (non-hydrogen) atoms. The van der Waals surface area contributed by atoms with Crippen molar-refractivity contribution in [2.75, 3.05) is 0 Å². The summed E-state index contributed by atoms with van der Waals surface area (Å²) in [6.45, 7) is 7.89. The van der Waals surface area contributed by atoms with Crippen LogP contribution in [0.4, 0.5) is 0 Å². The van der Waals surface area contributed by atoms with Gasteiger partial charge in [0, 0.05) is 16.6 Å². The molecule has 0 saturated heterocycles. The fourth-order valence-electron chi connectivity index (χ4n) is 3.55. The normalized spacial score (nSPS) is 12.4. The smallest absolute Gasteiger partial charge is 0.276 e. The summed E-state index contributed by atoms with van der Waals surface area (Å²) < 4.78 is 8.85. The molecule has 0 fully saturated rings. The van der Waals surface area contributed by atoms with E-state index >= 15 is 0 Å². The molecule has 2 aromatic carbocycles. The molecule has 1 amide bonds. The summed E-state index contributed by atoms with van der Waals surface area (Å²) in [7, 11) is 0. The molecule has 4 aromatic rings. The summed E-state index contributed by atoms with van der Waals surface area (Å²) in [5.74, 6) is 0.538. The maximum Gasteiger partial charge on any atom is 0.276 e. The number of ether oxygens (including phenoxy) is 1. The third-order valence-electron chi connectivity index (χ3n) is 5.11. The van der Waals surface area contributed by atoms with Crippen LogP contribution in [-0.2, 0) is 11.3 Å². The molecular weight excluding hydrogens is 410 g/mol. The molecule has 1 N–H and O–H groups in total. The SMILES string of the molecule is Cc1nn([C@H](C)C(=O)NCc2ccc(OC(C)C)cc2)c(=O)c2c1sc1ccccc12. The summed E-state index contributed by atoms with van der Waals surface area (Å²) in [6.07, 6.45) is 0.110. The third kappa shape index (κ3) is 4.18. The highest BCUT2D eigenvalue weighted by Gasteiger charge is 2.21. The standard InChI is InChI=1S/C24H25N3O3S/c1-14(2)30-18-11-9-17(10-12-18)13-25-23(28)16(4)27-24(29)21-19-7-5-6-8-20(19)31-22(21)15(3)26-27/h5-12,14,16H,13H2,1-4H3,(H,25,28)/t16-/m1/s1. The summed E-state index contributed by atoms with van der Waals surface area (Å²) in [6, 6.07) is 14.7. The molecule has 0 bridgehead atoms. The van der Waals surface area contributed by atoms with Gasteiger partial charge in [0.15, 0.2) is 0 Å². The van der Waals surface area contributed by atoms with Crippen LogP contribution in [0, 0.1) is 6.92 Å². The molecule has 0 saturated carbocycles. The number of rotatable bonds is 6. The summed E-state index contributed by atoms with van der Waals surface area (Å²) in [5.41, 5.74) is 1.46. The van der Waals surface area contributed by atoms with Crippen molar-refractivity contribution in [2.24, 2.45) is 0 Å². The molecule has 2 heterocycles. The highest BCUT2D eigenvalue weighted by Crippen LogP contribution is 2.32. The molecule has 2 aromatic heterocycles. The van der Waals surface area contributed by atoms with E-state index in [4.69, 9.17) is 4.74 Å². The van der Waals surface area contributed by atoms with E-state index in [0.717, 1.165) is 31.8 Å². The van der Waals surface area contributed by atoms with Crippen LogP contribution in [-0.4, -0.2) is 21.8 Å². The van der Waals surface area contributed by atoms with Gasteiger partial charge in [0.25, 0.3) is 5.56 Å². The van der Waals surface area contributed by atoms with Gasteiger partial charge >= 0.3 is 0 Å². The number of carbonyl (C=O) groups is 1. The molecule has 0 radical (unpaired) electrons. The first kappa shape index (κ1) is 21.1. The first-order valence-corrected chi connectivity index (χ1v) is 11.1. The van der Waals surface area contributed by atoms with E-state index in [1.807, 2.05) is 69.3 Å². The minimum atomic E-state index is -0.724. The molecule has 0 aliphatic carbocycles. The van der Waals surface area contributed by atoms with E-state index in [2.05, 4.69) is 10.4 Å². The Morgan fingerprint density at radius 3 is 2.55 bits per heavy atom. The number of nitrogens with one attached hydrogen (secondary N) is 1. The predicted molar refractivity (Wildman–Crippen MR) is 125 cm³/mol. The number of aromatic nitrogens is 2. The molecule has 160 valence electrons. The predicted octanol–water partition coefficient (Wildman–Crippen LogP) is 4.58. The maximum atomic E-state index is 13.2. The van der Waals surface area contributed by atoms with E-state index in [9.17, 15) is 9.59 Å². The Labute approximate surface area is 184 Å². The molecule has 4 rings (SSSR count). The second kappa shape index (κ2) is 8.51. The largest absolute Gasteiger partial charge is 0.491 e. The van der Waals surface area contributed by atoms with Gasteiger partial charge in [-0.2, -0.15) is 5.10 Å². The first-order chi connectivity index (χ1) is 14.8. The van der Waals surface area contributed by atoms with Gasteiger partial charge in [0.1, 0.15) is 11.8 Å². The van der Waals surface area contributed by atoms with Crippen molar-refractivity contribution in [2.45, 2.75) is 46.4 Å². The van der Waals surface area contributed by atoms with Crippen LogP contribution in [0.2, 0.25) is 0 Å². The summed E-state index contributed by atoms with van der Waals surface area (Å²) >= 11 is 1.56. The van der Waals surface area contributed by atoms with Crippen LogP contribution < -0.4 is 15.6 Å². The zero-order valence-electron chi connectivity index (χ0n) is 18.0. The minimum absolute atomic E-state index is 0.110. The number of carbonyl (C=O) groups excluding carboxylic acids is 1. The Hall–Kier alpha value is -3.19. The van der Waals surface area contributed by atoms with Gasteiger partial charge in [-0.15, -0.1) is 11.3 Å². The molecule has 0 spiro atoms. The number of nitrogens with zero attached hydrogens (tertiary/aromatic N) is 2. The van der Waals surface area contributed by atoms with Crippen molar-refractivity contribution >= 4 is 37.4 Å². The van der Waals surface area contributed by atoms with Crippen LogP contribution in [0.5, 0.6) is 5.75 Å². The van der Waals surface area contributed by atoms with Crippen molar-refractivity contribution in [3.63, 3.8) is 0 Å². The zero-order valence-corrected chi connectivity index (χ0v) is 18.8. The van der Waals surface area contributed by atoms with Crippen LogP contribution in [0.15, 0.2) is 53.3 Å². The van der Waals surface area contributed by atoms with Gasteiger partial charge in [0.2, 0.25) is 5.91 Å². The van der Waals surface area contributed by atoms with Crippen LogP contribution in [0.1, 0.15) is 38.1 Å². The van der Waals surface area contributed by atoms with Crippen molar-refractivity contribution in [1.82, 2.24) is 15.1 Å². The van der Waals surface area contributed by atoms with Gasteiger partial charge in [-0.3, -0.25) is 9.59 Å². The average molecular weight is 436 g/mol. The number of fused-ring (bicyclic) bond motifs is 3. The molecule has 7 heteroatoms. The molecule has 1 atom stereocenters. The molecule has 0 aliphatic heterocycles. The van der Waals surface area contributed by atoms with Crippen molar-refractivity contribution in [1.29, 1.82) is 0 Å². The highest BCUT2D eigenvalue weighted by atomic mass is 32.1. The van der Waals surface area contributed by atoms with Gasteiger partial charge in [-0.25, -0.2) is 4.68 Å². The minimum Gasteiger partial charge on any atom is -0.491 e. The zero-order chi connectivity index (χ0) is 22.1. The monoisotopic (exact) mass is 435 g/mol. The fraction of sp³-hybridized carbons (Fsp3) is 0.292.